The van der Waals surface area contributed by atoms with E-state index >= 15 is 8.78 Å². The van der Waals surface area contributed by atoms with Crippen molar-refractivity contribution in [2.24, 2.45) is 0 Å². The fourth-order valence-electron chi connectivity index (χ4n) is 4.11. The first-order chi connectivity index (χ1) is 18.7. The van der Waals surface area contributed by atoms with Gasteiger partial charge in [-0.2, -0.15) is 15.1 Å². The zero-order valence-electron chi connectivity index (χ0n) is 22.3. The van der Waals surface area contributed by atoms with Crippen molar-refractivity contribution in [1.29, 1.82) is 0 Å². The van der Waals surface area contributed by atoms with Crippen LogP contribution in [0.3, 0.4) is 0 Å². The molecule has 0 bridgehead atoms. The number of benzene rings is 1. The highest BCUT2D eigenvalue weighted by atomic mass is 31.2. The SMILES string of the molecule is COC(=O)[C@@H](C)N[P@@](=O)(OC[C@@]1(F)O[C@@H](n2cnc3c(N(C)C)nc(N)nc32)[C@](C)(F)[C@@H]1O)Oc1ccccc1. The Morgan fingerprint density at radius 1 is 1.32 bits per heavy atom. The molecule has 4 rings (SSSR count). The smallest absolute Gasteiger partial charge is 0.459 e. The van der Waals surface area contributed by atoms with E-state index in [0.717, 1.165) is 24.9 Å². The maximum atomic E-state index is 16.1. The molecule has 2 aromatic heterocycles. The van der Waals surface area contributed by atoms with Crippen LogP contribution in [0.4, 0.5) is 20.5 Å². The van der Waals surface area contributed by atoms with Crippen molar-refractivity contribution in [2.75, 3.05) is 38.4 Å². The van der Waals surface area contributed by atoms with Gasteiger partial charge in [-0.15, -0.1) is 0 Å². The fourth-order valence-corrected chi connectivity index (χ4v) is 5.62. The van der Waals surface area contributed by atoms with Gasteiger partial charge < -0.3 is 29.7 Å². The molecule has 40 heavy (non-hydrogen) atoms. The van der Waals surface area contributed by atoms with Gasteiger partial charge in [0.2, 0.25) is 5.95 Å². The average Bonchev–Trinajstić information content (AvgIpc) is 3.39. The van der Waals surface area contributed by atoms with Crippen LogP contribution in [-0.4, -0.2) is 82.1 Å². The summed E-state index contributed by atoms with van der Waals surface area (Å²) in [5.41, 5.74) is 3.30. The molecule has 4 N–H and O–H groups in total. The summed E-state index contributed by atoms with van der Waals surface area (Å²) >= 11 is 0. The second-order valence-corrected chi connectivity index (χ2v) is 11.2. The van der Waals surface area contributed by atoms with Gasteiger partial charge in [0.25, 0.3) is 5.85 Å². The second-order valence-electron chi connectivity index (χ2n) is 9.48. The van der Waals surface area contributed by atoms with Crippen molar-refractivity contribution in [3.63, 3.8) is 0 Å². The minimum absolute atomic E-state index is 0.0223. The molecule has 1 aliphatic rings. The van der Waals surface area contributed by atoms with Crippen LogP contribution in [0.5, 0.6) is 5.75 Å². The minimum Gasteiger partial charge on any atom is -0.468 e. The number of aliphatic hydroxyl groups excluding tert-OH is 1. The summed E-state index contributed by atoms with van der Waals surface area (Å²) in [6, 6.07) is 6.51. The largest absolute Gasteiger partial charge is 0.468 e. The molecule has 0 aliphatic carbocycles. The Balaban J connectivity index is 1.64. The van der Waals surface area contributed by atoms with Gasteiger partial charge in [0.1, 0.15) is 18.4 Å². The number of ether oxygens (including phenoxy) is 2. The Labute approximate surface area is 228 Å². The van der Waals surface area contributed by atoms with Gasteiger partial charge in [-0.25, -0.2) is 18.3 Å². The van der Waals surface area contributed by atoms with Crippen molar-refractivity contribution < 1.29 is 41.8 Å². The third-order valence-corrected chi connectivity index (χ3v) is 7.76. The molecule has 0 amide bonds. The highest BCUT2D eigenvalue weighted by Crippen LogP contribution is 2.52. The molecule has 3 heterocycles. The molecule has 1 aromatic carbocycles. The van der Waals surface area contributed by atoms with Gasteiger partial charge in [-0.3, -0.25) is 13.9 Å². The number of alkyl halides is 2. The quantitative estimate of drug-likeness (QED) is 0.233. The molecule has 6 atom stereocenters. The summed E-state index contributed by atoms with van der Waals surface area (Å²) in [6.45, 7) is 0.975. The summed E-state index contributed by atoms with van der Waals surface area (Å²) in [7, 11) is -0.0510. The normalized spacial score (nSPS) is 26.8. The first-order valence-electron chi connectivity index (χ1n) is 12.0. The number of carbonyl (C=O) groups is 1. The number of hydrogen-bond donors (Lipinski definition) is 3. The van der Waals surface area contributed by atoms with E-state index in [9.17, 15) is 14.5 Å². The Morgan fingerprint density at radius 2 is 2.00 bits per heavy atom. The van der Waals surface area contributed by atoms with Crippen LogP contribution in [0.25, 0.3) is 11.2 Å². The molecule has 0 saturated carbocycles. The molecule has 1 aliphatic heterocycles. The van der Waals surface area contributed by atoms with Crippen molar-refractivity contribution in [3.05, 3.63) is 36.7 Å². The van der Waals surface area contributed by atoms with E-state index < -0.39 is 50.2 Å². The van der Waals surface area contributed by atoms with E-state index in [-0.39, 0.29) is 22.9 Å². The number of aromatic nitrogens is 4. The number of fused-ring (bicyclic) bond motifs is 1. The molecular formula is C23H30F2N7O7P. The van der Waals surface area contributed by atoms with Gasteiger partial charge in [0, 0.05) is 14.1 Å². The van der Waals surface area contributed by atoms with E-state index in [2.05, 4.69) is 24.8 Å². The zero-order chi connectivity index (χ0) is 29.5. The highest BCUT2D eigenvalue weighted by molar-refractivity contribution is 7.52. The highest BCUT2D eigenvalue weighted by Gasteiger charge is 2.65. The van der Waals surface area contributed by atoms with E-state index in [4.69, 9.17) is 19.5 Å². The Bertz CT molecular complexity index is 1430. The van der Waals surface area contributed by atoms with Crippen LogP contribution in [0.1, 0.15) is 20.1 Å². The standard InChI is InChI=1S/C23H30F2N7O7P/c1-13(18(33)36-5)30-40(35,39-14-9-7-6-8-10-14)37-11-23(25)19(34)22(2,24)20(38-23)32-12-27-15-16(31(3)4)28-21(26)29-17(15)32/h6-10,12-13,19-20,34H,11H2,1-5H3,(H,30,35)(H2,26,28,29)/t13-,19+,20-,22-,23-,40-/m1/s1. The number of nitrogens with one attached hydrogen (secondary N) is 1. The Morgan fingerprint density at radius 3 is 2.62 bits per heavy atom. The molecule has 218 valence electrons. The van der Waals surface area contributed by atoms with Crippen LogP contribution >= 0.6 is 7.75 Å². The number of methoxy groups -OCH3 is 1. The Kier molecular flexibility index (Phi) is 8.02. The van der Waals surface area contributed by atoms with Gasteiger partial charge in [0.05, 0.1) is 13.4 Å². The number of hydrogen-bond acceptors (Lipinski definition) is 12. The molecule has 1 fully saturated rings. The number of anilines is 2. The summed E-state index contributed by atoms with van der Waals surface area (Å²) in [6.07, 6.45) is -3.09. The van der Waals surface area contributed by atoms with Crippen LogP contribution in [-0.2, 0) is 23.4 Å². The molecule has 0 unspecified atom stereocenters. The number of nitrogens with zero attached hydrogens (tertiary/aromatic N) is 5. The molecule has 0 spiro atoms. The van der Waals surface area contributed by atoms with E-state index in [1.54, 1.807) is 37.2 Å². The third kappa shape index (κ3) is 5.58. The number of para-hydroxylation sites is 1. The van der Waals surface area contributed by atoms with Gasteiger partial charge in [-0.05, 0) is 26.0 Å². The summed E-state index contributed by atoms with van der Waals surface area (Å²) in [5, 5.41) is 13.1. The number of nitrogen functional groups attached to an aromatic ring is 1. The number of rotatable bonds is 10. The van der Waals surface area contributed by atoms with E-state index in [1.165, 1.54) is 19.1 Å². The molecule has 14 nitrogen and oxygen atoms in total. The van der Waals surface area contributed by atoms with Crippen molar-refractivity contribution in [1.82, 2.24) is 24.6 Å². The van der Waals surface area contributed by atoms with E-state index in [0.29, 0.717) is 5.82 Å². The number of carbonyl (C=O) groups excluding carboxylic acids is 1. The molecule has 1 saturated heterocycles. The maximum Gasteiger partial charge on any atom is 0.459 e. The van der Waals surface area contributed by atoms with Crippen molar-refractivity contribution in [2.45, 2.75) is 43.7 Å². The van der Waals surface area contributed by atoms with Crippen molar-refractivity contribution >= 4 is 36.6 Å². The minimum atomic E-state index is -4.54. The Hall–Kier alpha value is -3.43. The second kappa shape index (κ2) is 10.9. The number of esters is 1. The predicted octanol–water partition coefficient (Wildman–Crippen LogP) is 2.11. The topological polar surface area (TPSA) is 176 Å². The van der Waals surface area contributed by atoms with Gasteiger partial charge in [0.15, 0.2) is 35.0 Å². The van der Waals surface area contributed by atoms with Crippen LogP contribution in [0.2, 0.25) is 0 Å². The van der Waals surface area contributed by atoms with Crippen molar-refractivity contribution in [3.8, 4) is 5.75 Å². The lowest BCUT2D eigenvalue weighted by atomic mass is 9.97. The number of halogens is 2. The van der Waals surface area contributed by atoms with Gasteiger partial charge in [-0.1, -0.05) is 18.2 Å². The summed E-state index contributed by atoms with van der Waals surface area (Å²) < 4.78 is 67.5. The summed E-state index contributed by atoms with van der Waals surface area (Å²) in [4.78, 5) is 25.9. The molecule has 0 radical (unpaired) electrons. The van der Waals surface area contributed by atoms with E-state index in [1.807, 2.05) is 0 Å². The zero-order valence-corrected chi connectivity index (χ0v) is 23.2. The first kappa shape index (κ1) is 29.6. The number of imidazole rings is 1. The van der Waals surface area contributed by atoms with Crippen LogP contribution < -0.4 is 20.2 Å². The maximum absolute atomic E-state index is 16.1. The van der Waals surface area contributed by atoms with Crippen LogP contribution in [0, 0.1) is 0 Å². The number of aliphatic hydroxyl groups is 1. The predicted molar refractivity (Wildman–Crippen MR) is 139 cm³/mol. The lowest BCUT2D eigenvalue weighted by molar-refractivity contribution is -0.202. The monoisotopic (exact) mass is 585 g/mol. The van der Waals surface area contributed by atoms with Gasteiger partial charge >= 0.3 is 13.7 Å². The lowest BCUT2D eigenvalue weighted by Crippen LogP contribution is -2.47. The fraction of sp³-hybridized carbons (Fsp3) is 0.478. The number of nitrogens with two attached hydrogens (primary N) is 1. The first-order valence-corrected chi connectivity index (χ1v) is 13.5. The van der Waals surface area contributed by atoms with Crippen LogP contribution in [0.15, 0.2) is 36.7 Å². The average molecular weight is 586 g/mol. The third-order valence-electron chi connectivity index (χ3n) is 6.14. The molecule has 17 heteroatoms. The molecule has 3 aromatic rings. The molecular weight excluding hydrogens is 555 g/mol. The summed E-state index contributed by atoms with van der Waals surface area (Å²) in [5.74, 6) is -3.83. The lowest BCUT2D eigenvalue weighted by Gasteiger charge is -2.28.